The number of phenolic OH excluding ortho intramolecular Hbond substituents is 2. The maximum atomic E-state index is 18.4. The van der Waals surface area contributed by atoms with E-state index >= 15 is 4.39 Å². The number of anilines is 1. The van der Waals surface area contributed by atoms with Crippen molar-refractivity contribution in [2.24, 2.45) is 0 Å². The number of carbonyl (C=O) groups excluding carboxylic acids is 4. The number of hydrogen-bond donors (Lipinski definition) is 2. The number of alkyl halides is 1. The van der Waals surface area contributed by atoms with E-state index < -0.39 is 34.7 Å². The minimum Gasteiger partial charge on any atom is -0.508 e. The summed E-state index contributed by atoms with van der Waals surface area (Å²) in [5.41, 5.74) is 1.19. The van der Waals surface area contributed by atoms with Crippen molar-refractivity contribution in [1.82, 2.24) is 4.90 Å². The van der Waals surface area contributed by atoms with Crippen molar-refractivity contribution < 1.29 is 33.8 Å². The van der Waals surface area contributed by atoms with Gasteiger partial charge in [-0.25, -0.2) is 14.2 Å². The van der Waals surface area contributed by atoms with Crippen LogP contribution in [0.15, 0.2) is 133 Å². The number of hydrogen-bond acceptors (Lipinski definition) is 6. The van der Waals surface area contributed by atoms with Crippen molar-refractivity contribution in [3.05, 3.63) is 172 Å². The first-order valence-electron chi connectivity index (χ1n) is 16.0. The van der Waals surface area contributed by atoms with Gasteiger partial charge < -0.3 is 10.2 Å². The Morgan fingerprint density at radius 3 is 1.60 bits per heavy atom. The molecule has 2 heterocycles. The molecule has 9 heteroatoms. The summed E-state index contributed by atoms with van der Waals surface area (Å²) in [6.45, 7) is 0. The molecular formula is C41H25FN2O6. The highest BCUT2D eigenvalue weighted by Gasteiger charge is 2.59. The number of rotatable bonds is 4. The summed E-state index contributed by atoms with van der Waals surface area (Å²) in [5, 5.41) is 19.9. The zero-order valence-electron chi connectivity index (χ0n) is 26.1. The van der Waals surface area contributed by atoms with Gasteiger partial charge in [0.2, 0.25) is 0 Å². The molecule has 2 N–H and O–H groups in total. The number of allylic oxidation sites excluding steroid dienone is 3. The predicted molar refractivity (Wildman–Crippen MR) is 182 cm³/mol. The molecule has 5 aromatic rings. The number of amides is 4. The summed E-state index contributed by atoms with van der Waals surface area (Å²) in [7, 11) is 0. The topological polar surface area (TPSA) is 115 Å². The molecule has 5 aromatic carbocycles. The van der Waals surface area contributed by atoms with Gasteiger partial charge in [0.15, 0.2) is 5.67 Å². The minimum absolute atomic E-state index is 0.0754. The summed E-state index contributed by atoms with van der Waals surface area (Å²) in [6.07, 6.45) is 4.21. The van der Waals surface area contributed by atoms with Crippen LogP contribution in [-0.2, 0) is 5.41 Å². The Hall–Kier alpha value is -6.61. The van der Waals surface area contributed by atoms with E-state index in [2.05, 4.69) is 0 Å². The Morgan fingerprint density at radius 2 is 1.06 bits per heavy atom. The van der Waals surface area contributed by atoms with Gasteiger partial charge in [-0.15, -0.1) is 0 Å². The molecule has 0 radical (unpaired) electrons. The van der Waals surface area contributed by atoms with Crippen molar-refractivity contribution in [3.8, 4) is 22.6 Å². The number of imide groups is 2. The van der Waals surface area contributed by atoms with Gasteiger partial charge in [0.25, 0.3) is 23.6 Å². The van der Waals surface area contributed by atoms with Gasteiger partial charge in [0, 0.05) is 12.1 Å². The van der Waals surface area contributed by atoms with Crippen LogP contribution >= 0.6 is 0 Å². The lowest BCUT2D eigenvalue weighted by Crippen LogP contribution is -2.49. The number of phenols is 2. The first-order valence-corrected chi connectivity index (χ1v) is 16.0. The van der Waals surface area contributed by atoms with E-state index in [1.807, 2.05) is 48.5 Å². The number of fused-ring (bicyclic) bond motifs is 5. The van der Waals surface area contributed by atoms with E-state index in [0.29, 0.717) is 22.4 Å². The van der Waals surface area contributed by atoms with Crippen molar-refractivity contribution in [3.63, 3.8) is 0 Å². The fourth-order valence-corrected chi connectivity index (χ4v) is 8.07. The molecule has 0 spiro atoms. The quantitative estimate of drug-likeness (QED) is 0.200. The molecule has 4 amide bonds. The van der Waals surface area contributed by atoms with Crippen LogP contribution in [0.5, 0.6) is 11.5 Å². The van der Waals surface area contributed by atoms with Crippen molar-refractivity contribution in [1.29, 1.82) is 0 Å². The molecule has 2 aliphatic carbocycles. The highest BCUT2D eigenvalue weighted by molar-refractivity contribution is 6.34. The van der Waals surface area contributed by atoms with E-state index in [9.17, 15) is 29.4 Å². The number of benzene rings is 5. The SMILES string of the molecule is O=C1c2ccc(O)cc2C(=O)N1C1=CCC(F)(C2(c3ccc(N4C(=O)c5ccc(O)cc5C4=O)cc3)c3ccccc3-c3ccccc32)C=C1. The van der Waals surface area contributed by atoms with Crippen LogP contribution in [0.3, 0.4) is 0 Å². The third kappa shape index (κ3) is 3.74. The lowest BCUT2D eigenvalue weighted by atomic mass is 9.60. The van der Waals surface area contributed by atoms with Crippen LogP contribution in [0.4, 0.5) is 10.1 Å². The molecule has 4 aliphatic rings. The Morgan fingerprint density at radius 1 is 0.560 bits per heavy atom. The number of carbonyl (C=O) groups is 4. The molecule has 0 bridgehead atoms. The third-order valence-corrected chi connectivity index (χ3v) is 10.3. The summed E-state index contributed by atoms with van der Waals surface area (Å²) in [4.78, 5) is 55.3. The standard InChI is InChI=1S/C41H25FN2O6/c42-40(19-17-25(18-20-40)44-37(48)31-16-14-27(46)22-33(31)39(44)50)41(34-7-3-1-5-28(34)29-6-2-4-8-35(29)41)23-9-11-24(12-10-23)43-36(47)30-15-13-26(45)21-32(30)38(43)49/h1-19,21-22,45-46H,20H2. The first kappa shape index (κ1) is 29.5. The first-order chi connectivity index (χ1) is 24.1. The van der Waals surface area contributed by atoms with E-state index in [1.54, 1.807) is 30.3 Å². The van der Waals surface area contributed by atoms with Crippen LogP contribution in [0.2, 0.25) is 0 Å². The molecule has 0 fully saturated rings. The highest BCUT2D eigenvalue weighted by atomic mass is 19.1. The van der Waals surface area contributed by atoms with E-state index in [-0.39, 0.29) is 45.9 Å². The Balaban J connectivity index is 1.16. The molecule has 2 aliphatic heterocycles. The third-order valence-electron chi connectivity index (χ3n) is 10.3. The maximum Gasteiger partial charge on any atom is 0.266 e. The molecule has 1 atom stereocenters. The summed E-state index contributed by atoms with van der Waals surface area (Å²) in [5.74, 6) is -2.53. The Kier molecular flexibility index (Phi) is 6.02. The van der Waals surface area contributed by atoms with E-state index in [4.69, 9.17) is 0 Å². The molecule has 1 unspecified atom stereocenters. The fraction of sp³-hybridized carbons (Fsp3) is 0.0732. The average molecular weight is 661 g/mol. The second-order valence-electron chi connectivity index (χ2n) is 12.8. The van der Waals surface area contributed by atoms with Crippen LogP contribution in [-0.4, -0.2) is 44.4 Å². The average Bonchev–Trinajstić information content (AvgIpc) is 3.67. The largest absolute Gasteiger partial charge is 0.508 e. The lowest BCUT2D eigenvalue weighted by molar-refractivity contribution is 0.0703. The van der Waals surface area contributed by atoms with Crippen molar-refractivity contribution in [2.45, 2.75) is 17.5 Å². The highest BCUT2D eigenvalue weighted by Crippen LogP contribution is 2.61. The molecule has 0 saturated carbocycles. The summed E-state index contributed by atoms with van der Waals surface area (Å²) >= 11 is 0. The predicted octanol–water partition coefficient (Wildman–Crippen LogP) is 7.06. The van der Waals surface area contributed by atoms with Crippen LogP contribution in [0, 0.1) is 0 Å². The van der Waals surface area contributed by atoms with E-state index in [1.165, 1.54) is 48.6 Å². The van der Waals surface area contributed by atoms with Crippen molar-refractivity contribution >= 4 is 29.3 Å². The molecule has 50 heavy (non-hydrogen) atoms. The van der Waals surface area contributed by atoms with Crippen molar-refractivity contribution in [2.75, 3.05) is 4.90 Å². The molecule has 8 nitrogen and oxygen atoms in total. The summed E-state index contributed by atoms with van der Waals surface area (Å²) in [6, 6.07) is 29.9. The van der Waals surface area contributed by atoms with Gasteiger partial charge in [-0.05, 0) is 88.5 Å². The van der Waals surface area contributed by atoms with Crippen LogP contribution in [0.1, 0.15) is 64.5 Å². The Bertz CT molecular complexity index is 2400. The Labute approximate surface area is 284 Å². The van der Waals surface area contributed by atoms with Gasteiger partial charge in [0.1, 0.15) is 11.5 Å². The van der Waals surface area contributed by atoms with Crippen LogP contribution in [0.25, 0.3) is 11.1 Å². The van der Waals surface area contributed by atoms with Gasteiger partial charge in [-0.1, -0.05) is 66.7 Å². The second kappa shape index (κ2) is 10.2. The monoisotopic (exact) mass is 660 g/mol. The van der Waals surface area contributed by atoms with Gasteiger partial charge in [-0.3, -0.25) is 19.2 Å². The maximum absolute atomic E-state index is 18.4. The molecule has 0 saturated heterocycles. The zero-order chi connectivity index (χ0) is 34.5. The normalized spacial score (nSPS) is 19.7. The molecular weight excluding hydrogens is 635 g/mol. The molecule has 9 rings (SSSR count). The molecule has 0 aromatic heterocycles. The van der Waals surface area contributed by atoms with E-state index in [0.717, 1.165) is 20.9 Å². The second-order valence-corrected chi connectivity index (χ2v) is 12.8. The number of aromatic hydroxyl groups is 2. The lowest BCUT2D eigenvalue weighted by Gasteiger charge is -2.44. The van der Waals surface area contributed by atoms with Gasteiger partial charge >= 0.3 is 0 Å². The smallest absolute Gasteiger partial charge is 0.266 e. The minimum atomic E-state index is -2.12. The number of halogens is 1. The molecule has 242 valence electrons. The summed E-state index contributed by atoms with van der Waals surface area (Å²) < 4.78 is 18.4. The van der Waals surface area contributed by atoms with Gasteiger partial charge in [-0.2, -0.15) is 0 Å². The fourth-order valence-electron chi connectivity index (χ4n) is 8.07. The van der Waals surface area contributed by atoms with Crippen LogP contribution < -0.4 is 4.90 Å². The number of nitrogens with zero attached hydrogens (tertiary/aromatic N) is 2. The van der Waals surface area contributed by atoms with Gasteiger partial charge in [0.05, 0.1) is 33.4 Å². The zero-order valence-corrected chi connectivity index (χ0v) is 26.1.